The van der Waals surface area contributed by atoms with Gasteiger partial charge in [-0.3, -0.25) is 14.2 Å². The van der Waals surface area contributed by atoms with Gasteiger partial charge < -0.3 is 14.5 Å². The summed E-state index contributed by atoms with van der Waals surface area (Å²) >= 11 is 5.73. The SMILES string of the molecule is C[C@@H](OC(=O)CCn1c(=O)oc2ccccc21)C(=O)Nc1ncc(C(F)(F)F)cc1Cl. The number of fused-ring (bicyclic) bond motifs is 1. The Kier molecular flexibility index (Phi) is 6.34. The van der Waals surface area contributed by atoms with Gasteiger partial charge in [0.1, 0.15) is 0 Å². The molecule has 1 atom stereocenters. The number of carbonyl (C=O) groups excluding carboxylic acids is 2. The van der Waals surface area contributed by atoms with Crippen LogP contribution in [0.25, 0.3) is 11.1 Å². The summed E-state index contributed by atoms with van der Waals surface area (Å²) in [5.74, 6) is -2.55. The van der Waals surface area contributed by atoms with E-state index in [1.165, 1.54) is 11.5 Å². The average Bonchev–Trinajstić information content (AvgIpc) is 3.02. The largest absolute Gasteiger partial charge is 0.452 e. The molecule has 0 unspecified atom stereocenters. The van der Waals surface area contributed by atoms with Crippen molar-refractivity contribution in [2.24, 2.45) is 0 Å². The van der Waals surface area contributed by atoms with Gasteiger partial charge in [-0.2, -0.15) is 13.2 Å². The molecule has 8 nitrogen and oxygen atoms in total. The van der Waals surface area contributed by atoms with E-state index in [4.69, 9.17) is 20.8 Å². The number of benzene rings is 1. The zero-order chi connectivity index (χ0) is 22.8. The molecule has 1 aromatic carbocycles. The molecular weight excluding hydrogens is 443 g/mol. The lowest BCUT2D eigenvalue weighted by atomic mass is 10.2. The van der Waals surface area contributed by atoms with Crippen molar-refractivity contribution in [3.05, 3.63) is 57.7 Å². The molecule has 2 aromatic heterocycles. The molecule has 2 heterocycles. The number of para-hydroxylation sites is 2. The fourth-order valence-corrected chi connectivity index (χ4v) is 2.86. The molecule has 3 rings (SSSR count). The molecule has 164 valence electrons. The van der Waals surface area contributed by atoms with Crippen molar-refractivity contribution in [1.29, 1.82) is 0 Å². The van der Waals surface area contributed by atoms with Crippen LogP contribution in [-0.4, -0.2) is 27.5 Å². The predicted molar refractivity (Wildman–Crippen MR) is 104 cm³/mol. The zero-order valence-electron chi connectivity index (χ0n) is 15.9. The van der Waals surface area contributed by atoms with Crippen LogP contribution in [0.15, 0.2) is 45.7 Å². The van der Waals surface area contributed by atoms with Gasteiger partial charge in [0, 0.05) is 12.7 Å². The van der Waals surface area contributed by atoms with Crippen molar-refractivity contribution in [3.8, 4) is 0 Å². The van der Waals surface area contributed by atoms with Gasteiger partial charge in [0.05, 0.1) is 22.5 Å². The first-order chi connectivity index (χ1) is 14.6. The molecule has 31 heavy (non-hydrogen) atoms. The molecule has 0 radical (unpaired) electrons. The maximum atomic E-state index is 12.6. The van der Waals surface area contributed by atoms with Crippen LogP contribution >= 0.6 is 11.6 Å². The topological polar surface area (TPSA) is 103 Å². The van der Waals surface area contributed by atoms with Gasteiger partial charge in [-0.15, -0.1) is 0 Å². The van der Waals surface area contributed by atoms with Gasteiger partial charge in [-0.05, 0) is 25.1 Å². The second-order valence-corrected chi connectivity index (χ2v) is 6.82. The molecule has 0 aliphatic heterocycles. The highest BCUT2D eigenvalue weighted by Gasteiger charge is 2.32. The van der Waals surface area contributed by atoms with E-state index in [9.17, 15) is 27.6 Å². The minimum absolute atomic E-state index is 0.0324. The first-order valence-corrected chi connectivity index (χ1v) is 9.25. The Morgan fingerprint density at radius 2 is 2.03 bits per heavy atom. The molecular formula is C19H15ClF3N3O5. The average molecular weight is 458 g/mol. The molecule has 0 aliphatic rings. The van der Waals surface area contributed by atoms with Crippen LogP contribution in [0.1, 0.15) is 18.9 Å². The lowest BCUT2D eigenvalue weighted by Gasteiger charge is -2.14. The van der Waals surface area contributed by atoms with E-state index in [1.54, 1.807) is 24.3 Å². The van der Waals surface area contributed by atoms with Crippen LogP contribution in [0.3, 0.4) is 0 Å². The van der Waals surface area contributed by atoms with Crippen LogP contribution in [0.5, 0.6) is 0 Å². The maximum absolute atomic E-state index is 12.6. The number of alkyl halides is 3. The van der Waals surface area contributed by atoms with E-state index >= 15 is 0 Å². The van der Waals surface area contributed by atoms with Crippen LogP contribution in [0.4, 0.5) is 19.0 Å². The number of aryl methyl sites for hydroxylation is 1. The highest BCUT2D eigenvalue weighted by molar-refractivity contribution is 6.33. The minimum Gasteiger partial charge on any atom is -0.452 e. The van der Waals surface area contributed by atoms with Gasteiger partial charge in [-0.1, -0.05) is 23.7 Å². The molecule has 1 N–H and O–H groups in total. The lowest BCUT2D eigenvalue weighted by molar-refractivity contribution is -0.153. The highest BCUT2D eigenvalue weighted by atomic mass is 35.5. The second-order valence-electron chi connectivity index (χ2n) is 6.41. The summed E-state index contributed by atoms with van der Waals surface area (Å²) in [7, 11) is 0. The molecule has 1 amide bonds. The van der Waals surface area contributed by atoms with Crippen molar-refractivity contribution in [3.63, 3.8) is 0 Å². The quantitative estimate of drug-likeness (QED) is 0.567. The molecule has 3 aromatic rings. The molecule has 0 saturated heterocycles. The number of ether oxygens (including phenoxy) is 1. The van der Waals surface area contributed by atoms with E-state index in [0.717, 1.165) is 0 Å². The molecule has 12 heteroatoms. The number of carbonyl (C=O) groups is 2. The van der Waals surface area contributed by atoms with Crippen molar-refractivity contribution >= 4 is 40.4 Å². The normalized spacial score (nSPS) is 12.5. The third-order valence-corrected chi connectivity index (χ3v) is 4.49. The van der Waals surface area contributed by atoms with Crippen LogP contribution in [0.2, 0.25) is 5.02 Å². The summed E-state index contributed by atoms with van der Waals surface area (Å²) in [5, 5.41) is 1.78. The summed E-state index contributed by atoms with van der Waals surface area (Å²) in [6.07, 6.45) is -5.62. The number of nitrogens with one attached hydrogen (secondary N) is 1. The Morgan fingerprint density at radius 1 is 1.32 bits per heavy atom. The molecule has 0 aliphatic carbocycles. The Balaban J connectivity index is 1.57. The fourth-order valence-electron chi connectivity index (χ4n) is 2.64. The molecule has 0 saturated carbocycles. The first-order valence-electron chi connectivity index (χ1n) is 8.87. The number of oxazole rings is 1. The van der Waals surface area contributed by atoms with Crippen LogP contribution < -0.4 is 11.1 Å². The van der Waals surface area contributed by atoms with Crippen LogP contribution in [-0.2, 0) is 27.0 Å². The number of anilines is 1. The smallest absolute Gasteiger partial charge is 0.419 e. The second kappa shape index (κ2) is 8.80. The zero-order valence-corrected chi connectivity index (χ0v) is 16.7. The van der Waals surface area contributed by atoms with E-state index in [1.807, 2.05) is 0 Å². The first kappa shape index (κ1) is 22.3. The third-order valence-electron chi connectivity index (χ3n) is 4.20. The monoisotopic (exact) mass is 457 g/mol. The fraction of sp³-hybridized carbons (Fsp3) is 0.263. The number of rotatable bonds is 6. The summed E-state index contributed by atoms with van der Waals surface area (Å²) < 4.78 is 49.3. The summed E-state index contributed by atoms with van der Waals surface area (Å²) in [4.78, 5) is 39.6. The van der Waals surface area contributed by atoms with Crippen molar-refractivity contribution < 1.29 is 31.9 Å². The highest BCUT2D eigenvalue weighted by Crippen LogP contribution is 2.32. The number of hydrogen-bond donors (Lipinski definition) is 1. The number of pyridine rings is 1. The Labute approximate surface area is 177 Å². The number of amides is 1. The Hall–Kier alpha value is -3.34. The summed E-state index contributed by atoms with van der Waals surface area (Å²) in [5.41, 5.74) is -0.194. The predicted octanol–water partition coefficient (Wildman–Crippen LogP) is 3.62. The van der Waals surface area contributed by atoms with Crippen molar-refractivity contribution in [2.75, 3.05) is 5.32 Å². The Bertz CT molecular complexity index is 1190. The van der Waals surface area contributed by atoms with Gasteiger partial charge in [-0.25, -0.2) is 9.78 Å². The van der Waals surface area contributed by atoms with Crippen molar-refractivity contribution in [1.82, 2.24) is 9.55 Å². The van der Waals surface area contributed by atoms with Gasteiger partial charge in [0.2, 0.25) is 0 Å². The maximum Gasteiger partial charge on any atom is 0.419 e. The van der Waals surface area contributed by atoms with Gasteiger partial charge in [0.15, 0.2) is 17.5 Å². The van der Waals surface area contributed by atoms with E-state index in [-0.39, 0.29) is 18.8 Å². The van der Waals surface area contributed by atoms with Gasteiger partial charge >= 0.3 is 17.9 Å². The van der Waals surface area contributed by atoms with Gasteiger partial charge in [0.25, 0.3) is 5.91 Å². The summed E-state index contributed by atoms with van der Waals surface area (Å²) in [6, 6.07) is 7.29. The third kappa shape index (κ3) is 5.23. The number of aromatic nitrogens is 2. The Morgan fingerprint density at radius 3 is 2.71 bits per heavy atom. The molecule has 0 spiro atoms. The standard InChI is InChI=1S/C19H15ClF3N3O5/c1-10(17(28)25-16-12(20)8-11(9-24-16)19(21,22)23)30-15(27)6-7-26-13-4-2-3-5-14(13)31-18(26)29/h2-5,8-10H,6-7H2,1H3,(H,24,25,28)/t10-/m1/s1. The minimum atomic E-state index is -4.63. The van der Waals surface area contributed by atoms with Crippen LogP contribution in [0, 0.1) is 0 Å². The van der Waals surface area contributed by atoms with E-state index in [0.29, 0.717) is 23.4 Å². The van der Waals surface area contributed by atoms with E-state index < -0.39 is 40.5 Å². The number of nitrogens with zero attached hydrogens (tertiary/aromatic N) is 2. The summed E-state index contributed by atoms with van der Waals surface area (Å²) in [6.45, 7) is 1.24. The van der Waals surface area contributed by atoms with E-state index in [2.05, 4.69) is 10.3 Å². The number of esters is 1. The lowest BCUT2D eigenvalue weighted by Crippen LogP contribution is -2.31. The number of hydrogen-bond acceptors (Lipinski definition) is 6. The molecule has 0 bridgehead atoms. The molecule has 0 fully saturated rings. The number of halogens is 4. The van der Waals surface area contributed by atoms with Crippen molar-refractivity contribution in [2.45, 2.75) is 32.2 Å².